The number of rotatable bonds is 4. The van der Waals surface area contributed by atoms with Gasteiger partial charge in [-0.25, -0.2) is 0 Å². The molecular formula is C76H98Fe2Ge-2. The fourth-order valence-electron chi connectivity index (χ4n) is 8.70. The summed E-state index contributed by atoms with van der Waals surface area (Å²) in [6, 6.07) is 28.4. The summed E-state index contributed by atoms with van der Waals surface area (Å²) in [5.41, 5.74) is 16.9. The van der Waals surface area contributed by atoms with Gasteiger partial charge in [0.05, 0.1) is 0 Å². The summed E-state index contributed by atoms with van der Waals surface area (Å²) in [5, 5.41) is 0. The first-order valence-corrected chi connectivity index (χ1v) is 28.1. The van der Waals surface area contributed by atoms with Crippen LogP contribution in [0, 0.1) is 126 Å². The maximum atomic E-state index is 3.76. The second-order valence-corrected chi connectivity index (χ2v) is 29.7. The van der Waals surface area contributed by atoms with Crippen LogP contribution >= 0.6 is 0 Å². The van der Waals surface area contributed by atoms with E-state index < -0.39 is 0 Å². The Morgan fingerprint density at radius 2 is 0.316 bits per heavy atom. The predicted molar refractivity (Wildman–Crippen MR) is 337 cm³/mol. The van der Waals surface area contributed by atoms with Gasteiger partial charge in [0.25, 0.3) is 0 Å². The predicted octanol–water partition coefficient (Wildman–Crippen LogP) is 19.5. The van der Waals surface area contributed by atoms with Gasteiger partial charge in [-0.05, 0) is 152 Å². The molecule has 0 spiro atoms. The number of hydrogen-bond donors (Lipinski definition) is 0. The minimum atomic E-state index is 0. The molecule has 4 aliphatic rings. The Morgan fingerprint density at radius 1 is 0.203 bits per heavy atom. The molecule has 0 aliphatic heterocycles. The van der Waals surface area contributed by atoms with Gasteiger partial charge in [-0.1, -0.05) is 287 Å². The van der Waals surface area contributed by atoms with Crippen molar-refractivity contribution in [2.45, 2.75) is 209 Å². The Balaban J connectivity index is 0.000000442. The summed E-state index contributed by atoms with van der Waals surface area (Å²) in [5.74, 6) is 4.72. The third-order valence-corrected chi connectivity index (χ3v) is 14.4. The maximum Gasteiger partial charge on any atom is 0 e. The third kappa shape index (κ3) is 22.1. The first-order valence-electron chi connectivity index (χ1n) is 28.1. The van der Waals surface area contributed by atoms with E-state index in [1.54, 1.807) is 0 Å². The minimum absolute atomic E-state index is 0. The van der Waals surface area contributed by atoms with E-state index in [9.17, 15) is 0 Å². The molecule has 0 nitrogen and oxygen atoms in total. The maximum absolute atomic E-state index is 3.76. The van der Waals surface area contributed by atoms with Crippen LogP contribution in [0.1, 0.15) is 233 Å². The second-order valence-electron chi connectivity index (χ2n) is 29.7. The van der Waals surface area contributed by atoms with Gasteiger partial charge in [-0.3, -0.25) is 0 Å². The van der Waals surface area contributed by atoms with Gasteiger partial charge in [0.2, 0.25) is 0 Å². The zero-order valence-electron chi connectivity index (χ0n) is 53.2. The van der Waals surface area contributed by atoms with Crippen LogP contribution in [0.25, 0.3) is 0 Å². The molecule has 0 amide bonds. The topological polar surface area (TPSA) is 0 Å². The Labute approximate surface area is 523 Å². The molecule has 0 N–H and O–H groups in total. The molecule has 0 saturated heterocycles. The molecule has 3 heteroatoms. The summed E-state index contributed by atoms with van der Waals surface area (Å²) in [6.45, 7) is 55.1. The average Bonchev–Trinajstić information content (AvgIpc) is 4.16. The molecule has 0 unspecified atom stereocenters. The van der Waals surface area contributed by atoms with Crippen LogP contribution in [0.5, 0.6) is 0 Å². The van der Waals surface area contributed by atoms with Crippen LogP contribution in [0.2, 0.25) is 0 Å². The van der Waals surface area contributed by atoms with E-state index in [1.165, 1.54) is 90.4 Å². The average molecular weight is 1200 g/mol. The fourth-order valence-corrected chi connectivity index (χ4v) is 8.70. The van der Waals surface area contributed by atoms with E-state index in [-0.39, 0.29) is 95.1 Å². The van der Waals surface area contributed by atoms with Gasteiger partial charge in [0.15, 0.2) is 0 Å². The first-order chi connectivity index (χ1) is 34.7. The second kappa shape index (κ2) is 29.0. The van der Waals surface area contributed by atoms with Crippen LogP contribution in [0.3, 0.4) is 0 Å². The van der Waals surface area contributed by atoms with Crippen molar-refractivity contribution in [3.8, 4) is 0 Å². The van der Waals surface area contributed by atoms with Crippen molar-refractivity contribution in [3.63, 3.8) is 0 Å². The molecule has 0 atom stereocenters. The zero-order valence-corrected chi connectivity index (χ0v) is 57.5. The fraction of sp³-hybridized carbons (Fsp3) is 0.421. The van der Waals surface area contributed by atoms with Gasteiger partial charge >= 0.3 is 0 Å². The van der Waals surface area contributed by atoms with Crippen molar-refractivity contribution < 1.29 is 34.1 Å². The molecule has 0 bridgehead atoms. The molecule has 4 aliphatic carbocycles. The Bertz CT molecular complexity index is 1990. The van der Waals surface area contributed by atoms with E-state index in [4.69, 9.17) is 0 Å². The van der Waals surface area contributed by atoms with Gasteiger partial charge in [0.1, 0.15) is 0 Å². The van der Waals surface area contributed by atoms with Crippen molar-refractivity contribution in [2.75, 3.05) is 0 Å². The molecular weight excluding hydrogens is 1100 g/mol. The summed E-state index contributed by atoms with van der Waals surface area (Å²) < 4.78 is 0. The van der Waals surface area contributed by atoms with Crippen molar-refractivity contribution >= 4 is 17.6 Å². The quantitative estimate of drug-likeness (QED) is 0.141. The summed E-state index contributed by atoms with van der Waals surface area (Å²) >= 11 is 0. The molecule has 4 aromatic rings. The first kappa shape index (κ1) is 73.6. The Morgan fingerprint density at radius 3 is 0.418 bits per heavy atom. The van der Waals surface area contributed by atoms with E-state index in [0.717, 1.165) is 0 Å². The molecule has 0 heterocycles. The van der Waals surface area contributed by atoms with E-state index in [1.807, 2.05) is 64.2 Å². The smallest absolute Gasteiger partial charge is 0 e. The molecule has 0 aromatic heterocycles. The third-order valence-electron chi connectivity index (χ3n) is 14.4. The van der Waals surface area contributed by atoms with Gasteiger partial charge in [-0.15, -0.1) is 0 Å². The standard InChI is InChI=1S/2C33H44.2C5H5.2Fe.Ge/c2*1-30(2,3)26-16-24(17-27(20-26)31(4,5)6)22-13-14-23(15-22)25-18-28(32(7,8)9)21-29(19-25)33(10,11)12;2*1-2-4-5-3-1;;;/h2*13-14,16-21H,1-12H3;2*1-5H;;;/q2*-1;;;;;. The summed E-state index contributed by atoms with van der Waals surface area (Å²) in [4.78, 5) is 0. The van der Waals surface area contributed by atoms with E-state index in [2.05, 4.69) is 277 Å². The summed E-state index contributed by atoms with van der Waals surface area (Å²) in [6.07, 6.45) is 36.5. The largest absolute Gasteiger partial charge is 0.457 e. The molecule has 4 aromatic carbocycles. The van der Waals surface area contributed by atoms with Gasteiger partial charge in [0, 0.05) is 51.7 Å². The Kier molecular flexibility index (Phi) is 27.0. The SMILES string of the molecule is CC(C)(C)c1cc([C]2[C-][C](c3cc(C(C)(C)C)cc(C(C)(C)C)c3)[CH][CH]2)cc(C(C)(C)C)c1.CC(C)(C)c1cc([C]2[C-][C](c3cc(C(C)(C)C)cc(C(C)(C)C)c3)[CH][CH]2)cc(C(C)(C)C)c1.[CH]1[CH][CH][CH][CH]1.[CH]1[CH][CH][CH][CH]1.[Fe].[Fe].[Ge]. The molecule has 4 saturated carbocycles. The monoisotopic (exact) mass is 1200 g/mol. The normalized spacial score (nSPS) is 17.3. The molecule has 8 rings (SSSR count). The molecule has 24 radical (unpaired) electrons. The van der Waals surface area contributed by atoms with Crippen molar-refractivity contribution in [1.82, 2.24) is 0 Å². The molecule has 4 fully saturated rings. The summed E-state index contributed by atoms with van der Waals surface area (Å²) in [7, 11) is 0. The van der Waals surface area contributed by atoms with E-state index >= 15 is 0 Å². The van der Waals surface area contributed by atoms with Crippen LogP contribution in [0.4, 0.5) is 0 Å². The Hall–Kier alpha value is -1.54. The van der Waals surface area contributed by atoms with Crippen LogP contribution < -0.4 is 0 Å². The van der Waals surface area contributed by atoms with Crippen LogP contribution in [-0.2, 0) is 77.5 Å². The zero-order chi connectivity index (χ0) is 57.0. The van der Waals surface area contributed by atoms with E-state index in [0.29, 0.717) is 0 Å². The number of hydrogen-bond acceptors (Lipinski definition) is 0. The van der Waals surface area contributed by atoms with Gasteiger partial charge in [-0.2, -0.15) is 23.7 Å². The van der Waals surface area contributed by atoms with Gasteiger partial charge < -0.3 is 12.8 Å². The van der Waals surface area contributed by atoms with Crippen LogP contribution in [-0.4, -0.2) is 17.6 Å². The molecule has 424 valence electrons. The van der Waals surface area contributed by atoms with Crippen LogP contribution in [0.15, 0.2) is 72.8 Å². The van der Waals surface area contributed by atoms with Crippen molar-refractivity contribution in [1.29, 1.82) is 0 Å². The minimum Gasteiger partial charge on any atom is -0.457 e. The molecule has 79 heavy (non-hydrogen) atoms. The number of benzene rings is 4. The van der Waals surface area contributed by atoms with Crippen molar-refractivity contribution in [2.24, 2.45) is 0 Å². The van der Waals surface area contributed by atoms with Crippen molar-refractivity contribution in [3.05, 3.63) is 266 Å².